The van der Waals surface area contributed by atoms with Gasteiger partial charge in [-0.2, -0.15) is 4.72 Å². The van der Waals surface area contributed by atoms with Crippen molar-refractivity contribution >= 4 is 21.8 Å². The molecule has 0 saturated heterocycles. The van der Waals surface area contributed by atoms with Crippen LogP contribution in [0.4, 0.5) is 0 Å². The Morgan fingerprint density at radius 1 is 1.00 bits per heavy atom. The van der Waals surface area contributed by atoms with Gasteiger partial charge in [0.2, 0.25) is 10.0 Å². The Balaban J connectivity index is 1.94. The molecule has 30 heavy (non-hydrogen) atoms. The maximum atomic E-state index is 12.4. The number of nitrogens with one attached hydrogen (secondary N) is 1. The fraction of sp³-hybridized carbons (Fsp3) is 0.364. The van der Waals surface area contributed by atoms with Crippen LogP contribution in [0.25, 0.3) is 0 Å². The van der Waals surface area contributed by atoms with Crippen molar-refractivity contribution in [3.8, 4) is 5.75 Å². The predicted molar refractivity (Wildman–Crippen MR) is 113 cm³/mol. The average molecular weight is 434 g/mol. The molecule has 0 aliphatic carbocycles. The molecule has 0 fully saturated rings. The molecule has 0 saturated carbocycles. The van der Waals surface area contributed by atoms with Crippen molar-refractivity contribution in [1.29, 1.82) is 0 Å². The van der Waals surface area contributed by atoms with Crippen LogP contribution in [-0.4, -0.2) is 39.9 Å². The van der Waals surface area contributed by atoms with Gasteiger partial charge in [0.1, 0.15) is 11.8 Å². The Kier molecular flexibility index (Phi) is 7.39. The number of benzene rings is 2. The second-order valence-corrected chi connectivity index (χ2v) is 9.59. The Labute approximate surface area is 177 Å². The second-order valence-electron chi connectivity index (χ2n) is 7.88. The third-order valence-corrected chi connectivity index (χ3v) is 6.03. The van der Waals surface area contributed by atoms with E-state index in [-0.39, 0.29) is 16.1 Å². The second kappa shape index (κ2) is 9.40. The van der Waals surface area contributed by atoms with E-state index in [2.05, 4.69) is 25.5 Å². The largest absolute Gasteiger partial charge is 0.497 e. The van der Waals surface area contributed by atoms with Gasteiger partial charge in [0.15, 0.2) is 12.4 Å². The van der Waals surface area contributed by atoms with Crippen LogP contribution >= 0.6 is 0 Å². The van der Waals surface area contributed by atoms with Crippen LogP contribution in [0, 0.1) is 0 Å². The first kappa shape index (κ1) is 23.6. The fourth-order valence-corrected chi connectivity index (χ4v) is 3.80. The molecule has 0 bridgehead atoms. The number of hydrogen-bond acceptors (Lipinski definition) is 6. The van der Waals surface area contributed by atoms with Gasteiger partial charge < -0.3 is 9.47 Å². The maximum absolute atomic E-state index is 12.4. The van der Waals surface area contributed by atoms with E-state index in [4.69, 9.17) is 9.47 Å². The number of rotatable bonds is 8. The van der Waals surface area contributed by atoms with E-state index < -0.39 is 28.6 Å². The molecular formula is C22H27NO6S. The molecule has 0 aliphatic heterocycles. The quantitative estimate of drug-likeness (QED) is 0.507. The topological polar surface area (TPSA) is 98.8 Å². The van der Waals surface area contributed by atoms with Crippen molar-refractivity contribution in [2.24, 2.45) is 0 Å². The predicted octanol–water partition coefficient (Wildman–Crippen LogP) is 3.09. The molecule has 162 valence electrons. The van der Waals surface area contributed by atoms with Gasteiger partial charge in [0.25, 0.3) is 0 Å². The van der Waals surface area contributed by atoms with Gasteiger partial charge >= 0.3 is 5.97 Å². The Hall–Kier alpha value is -2.71. The number of carbonyl (C=O) groups is 2. The molecule has 8 heteroatoms. The summed E-state index contributed by atoms with van der Waals surface area (Å²) in [6.07, 6.45) is 0. The van der Waals surface area contributed by atoms with Gasteiger partial charge in [0.05, 0.1) is 12.0 Å². The highest BCUT2D eigenvalue weighted by Crippen LogP contribution is 2.22. The lowest BCUT2D eigenvalue weighted by molar-refractivity contribution is -0.144. The van der Waals surface area contributed by atoms with Gasteiger partial charge in [-0.1, -0.05) is 45.0 Å². The minimum absolute atomic E-state index is 0.0158. The van der Waals surface area contributed by atoms with E-state index in [1.165, 1.54) is 38.3 Å². The lowest BCUT2D eigenvalue weighted by Gasteiger charge is -2.19. The zero-order valence-electron chi connectivity index (χ0n) is 17.8. The van der Waals surface area contributed by atoms with Crippen LogP contribution in [-0.2, 0) is 25.0 Å². The normalized spacial score (nSPS) is 12.8. The van der Waals surface area contributed by atoms with E-state index >= 15 is 0 Å². The number of Topliss-reactive ketones (excluding diaryl/α,β-unsaturated/α-hetero) is 1. The molecule has 0 amide bonds. The number of methoxy groups -OCH3 is 1. The number of esters is 1. The Morgan fingerprint density at radius 2 is 1.57 bits per heavy atom. The van der Waals surface area contributed by atoms with E-state index in [0.29, 0.717) is 11.3 Å². The van der Waals surface area contributed by atoms with Gasteiger partial charge in [-0.3, -0.25) is 9.59 Å². The van der Waals surface area contributed by atoms with Crippen molar-refractivity contribution in [3.63, 3.8) is 0 Å². The summed E-state index contributed by atoms with van der Waals surface area (Å²) in [5, 5.41) is 0. The van der Waals surface area contributed by atoms with E-state index in [9.17, 15) is 18.0 Å². The minimum atomic E-state index is -3.93. The molecule has 2 rings (SSSR count). The lowest BCUT2D eigenvalue weighted by atomic mass is 9.86. The number of sulfonamides is 1. The highest BCUT2D eigenvalue weighted by Gasteiger charge is 2.24. The van der Waals surface area contributed by atoms with Gasteiger partial charge in [-0.25, -0.2) is 8.42 Å². The summed E-state index contributed by atoms with van der Waals surface area (Å²) in [6.45, 7) is 7.09. The summed E-state index contributed by atoms with van der Waals surface area (Å²) >= 11 is 0. The molecule has 0 heterocycles. The highest BCUT2D eigenvalue weighted by molar-refractivity contribution is 7.89. The smallest absolute Gasteiger partial charge is 0.324 e. The molecule has 2 aromatic rings. The summed E-state index contributed by atoms with van der Waals surface area (Å²) in [4.78, 5) is 24.4. The summed E-state index contributed by atoms with van der Waals surface area (Å²) in [5.74, 6) is -0.698. The highest BCUT2D eigenvalue weighted by atomic mass is 32.2. The summed E-state index contributed by atoms with van der Waals surface area (Å²) in [5.41, 5.74) is 1.46. The summed E-state index contributed by atoms with van der Waals surface area (Å²) in [6, 6.07) is 11.7. The number of hydrogen-bond donors (Lipinski definition) is 1. The molecule has 0 unspecified atom stereocenters. The Morgan fingerprint density at radius 3 is 2.07 bits per heavy atom. The van der Waals surface area contributed by atoms with Crippen LogP contribution in [0.5, 0.6) is 5.75 Å². The number of carbonyl (C=O) groups excluding carboxylic acids is 2. The molecule has 0 aromatic heterocycles. The van der Waals surface area contributed by atoms with Crippen LogP contribution < -0.4 is 9.46 Å². The van der Waals surface area contributed by atoms with Crippen molar-refractivity contribution in [2.45, 2.75) is 44.0 Å². The van der Waals surface area contributed by atoms with Crippen LogP contribution in [0.1, 0.15) is 43.6 Å². The van der Waals surface area contributed by atoms with Crippen LogP contribution in [0.3, 0.4) is 0 Å². The molecule has 0 spiro atoms. The number of ether oxygens (including phenoxy) is 2. The molecule has 7 nitrogen and oxygen atoms in total. The Bertz CT molecular complexity index is 989. The monoisotopic (exact) mass is 433 g/mol. The van der Waals surface area contributed by atoms with E-state index in [1.54, 1.807) is 12.1 Å². The van der Waals surface area contributed by atoms with Crippen molar-refractivity contribution in [1.82, 2.24) is 4.72 Å². The zero-order chi connectivity index (χ0) is 22.5. The molecule has 2 aromatic carbocycles. The van der Waals surface area contributed by atoms with E-state index in [0.717, 1.165) is 5.56 Å². The third-order valence-electron chi connectivity index (χ3n) is 4.47. The van der Waals surface area contributed by atoms with Crippen molar-refractivity contribution < 1.29 is 27.5 Å². The van der Waals surface area contributed by atoms with Gasteiger partial charge in [-0.05, 0) is 42.2 Å². The van der Waals surface area contributed by atoms with Crippen LogP contribution in [0.15, 0.2) is 53.4 Å². The lowest BCUT2D eigenvalue weighted by Crippen LogP contribution is -2.40. The first-order chi connectivity index (χ1) is 13.9. The molecular weight excluding hydrogens is 406 g/mol. The van der Waals surface area contributed by atoms with E-state index in [1.807, 2.05) is 12.1 Å². The first-order valence-electron chi connectivity index (χ1n) is 9.41. The third kappa shape index (κ3) is 6.14. The first-order valence-corrected chi connectivity index (χ1v) is 10.9. The maximum Gasteiger partial charge on any atom is 0.324 e. The fourth-order valence-electron chi connectivity index (χ4n) is 2.60. The molecule has 1 atom stereocenters. The SMILES string of the molecule is COc1ccc(S(=O)(=O)N[C@@H](C)C(=O)OCC(=O)c2ccc(C(C)(C)C)cc2)cc1. The summed E-state index contributed by atoms with van der Waals surface area (Å²) < 4.78 is 37.0. The summed E-state index contributed by atoms with van der Waals surface area (Å²) in [7, 11) is -2.46. The standard InChI is InChI=1S/C22H27NO6S/c1-15(23-30(26,27)19-12-10-18(28-5)11-13-19)21(25)29-14-20(24)16-6-8-17(9-7-16)22(2,3)4/h6-13,15,23H,14H2,1-5H3/t15-/m0/s1. The minimum Gasteiger partial charge on any atom is -0.497 e. The van der Waals surface area contributed by atoms with Gasteiger partial charge in [-0.15, -0.1) is 0 Å². The van der Waals surface area contributed by atoms with Crippen molar-refractivity contribution in [2.75, 3.05) is 13.7 Å². The molecule has 0 radical (unpaired) electrons. The number of ketones is 1. The van der Waals surface area contributed by atoms with Crippen molar-refractivity contribution in [3.05, 3.63) is 59.7 Å². The van der Waals surface area contributed by atoms with Gasteiger partial charge in [0, 0.05) is 5.56 Å². The molecule has 1 N–H and O–H groups in total. The average Bonchev–Trinajstić information content (AvgIpc) is 2.70. The van der Waals surface area contributed by atoms with Crippen LogP contribution in [0.2, 0.25) is 0 Å². The molecule has 0 aliphatic rings. The zero-order valence-corrected chi connectivity index (χ0v) is 18.6.